The highest BCUT2D eigenvalue weighted by molar-refractivity contribution is 7.10. The molecule has 3 atom stereocenters. The standard InChI is InChI=1S/C16H26N2S/c1-3-5-15(16-6-4-9-19-16)17-13-10-12(2)18(11-13)14-7-8-14/h4,6,9,12-15,17H,3,5,7-8,10-11H2,1-2H3. The van der Waals surface area contributed by atoms with Crippen molar-refractivity contribution in [3.63, 3.8) is 0 Å². The Morgan fingerprint density at radius 1 is 1.47 bits per heavy atom. The lowest BCUT2D eigenvalue weighted by molar-refractivity contribution is 0.253. The zero-order valence-electron chi connectivity index (χ0n) is 12.1. The summed E-state index contributed by atoms with van der Waals surface area (Å²) >= 11 is 1.90. The maximum atomic E-state index is 3.93. The van der Waals surface area contributed by atoms with E-state index < -0.39 is 0 Å². The van der Waals surface area contributed by atoms with Crippen LogP contribution in [-0.2, 0) is 0 Å². The number of nitrogens with zero attached hydrogens (tertiary/aromatic N) is 1. The van der Waals surface area contributed by atoms with Crippen LogP contribution in [0.2, 0.25) is 0 Å². The molecule has 0 radical (unpaired) electrons. The molecule has 2 nitrogen and oxygen atoms in total. The van der Waals surface area contributed by atoms with E-state index in [1.54, 1.807) is 0 Å². The quantitative estimate of drug-likeness (QED) is 0.851. The van der Waals surface area contributed by atoms with Crippen molar-refractivity contribution < 1.29 is 0 Å². The summed E-state index contributed by atoms with van der Waals surface area (Å²) in [4.78, 5) is 4.24. The van der Waals surface area contributed by atoms with Crippen molar-refractivity contribution in [2.45, 2.75) is 70.1 Å². The Morgan fingerprint density at radius 2 is 2.32 bits per heavy atom. The number of rotatable bonds is 6. The Labute approximate surface area is 121 Å². The van der Waals surface area contributed by atoms with E-state index in [-0.39, 0.29) is 0 Å². The molecular weight excluding hydrogens is 252 g/mol. The summed E-state index contributed by atoms with van der Waals surface area (Å²) in [5.74, 6) is 0. The second kappa shape index (κ2) is 5.94. The molecular formula is C16H26N2S. The minimum Gasteiger partial charge on any atom is -0.305 e. The first-order valence-electron chi connectivity index (χ1n) is 7.83. The number of nitrogens with one attached hydrogen (secondary N) is 1. The highest BCUT2D eigenvalue weighted by atomic mass is 32.1. The van der Waals surface area contributed by atoms with Gasteiger partial charge < -0.3 is 5.32 Å². The largest absolute Gasteiger partial charge is 0.305 e. The first-order chi connectivity index (χ1) is 9.28. The van der Waals surface area contributed by atoms with Gasteiger partial charge in [-0.25, -0.2) is 0 Å². The lowest BCUT2D eigenvalue weighted by Crippen LogP contribution is -2.36. The Morgan fingerprint density at radius 3 is 2.95 bits per heavy atom. The van der Waals surface area contributed by atoms with Crippen LogP contribution in [-0.4, -0.2) is 29.6 Å². The number of hydrogen-bond acceptors (Lipinski definition) is 3. The minimum atomic E-state index is 0.571. The van der Waals surface area contributed by atoms with Crippen molar-refractivity contribution in [3.8, 4) is 0 Å². The molecule has 2 aliphatic rings. The SMILES string of the molecule is CCCC(NC1CC(C)N(C2CC2)C1)c1cccs1. The monoisotopic (exact) mass is 278 g/mol. The van der Waals surface area contributed by atoms with Crippen LogP contribution in [0.5, 0.6) is 0 Å². The fourth-order valence-electron chi connectivity index (χ4n) is 3.46. The molecule has 1 N–H and O–H groups in total. The van der Waals surface area contributed by atoms with Crippen LogP contribution in [0.1, 0.15) is 56.9 Å². The van der Waals surface area contributed by atoms with Gasteiger partial charge >= 0.3 is 0 Å². The van der Waals surface area contributed by atoms with Gasteiger partial charge in [0.2, 0.25) is 0 Å². The first-order valence-corrected chi connectivity index (χ1v) is 8.71. The fraction of sp³-hybridized carbons (Fsp3) is 0.750. The van der Waals surface area contributed by atoms with E-state index in [1.807, 2.05) is 11.3 Å². The second-order valence-corrected chi connectivity index (χ2v) is 7.21. The Kier molecular flexibility index (Phi) is 4.25. The lowest BCUT2D eigenvalue weighted by Gasteiger charge is -2.22. The molecule has 1 aromatic rings. The van der Waals surface area contributed by atoms with E-state index in [0.717, 1.165) is 12.1 Å². The maximum Gasteiger partial charge on any atom is 0.0417 e. The average Bonchev–Trinajstić information content (AvgIpc) is 2.95. The highest BCUT2D eigenvalue weighted by Gasteiger charge is 2.39. The van der Waals surface area contributed by atoms with Gasteiger partial charge in [0.1, 0.15) is 0 Å². The van der Waals surface area contributed by atoms with Crippen molar-refractivity contribution in [2.75, 3.05) is 6.54 Å². The van der Waals surface area contributed by atoms with Gasteiger partial charge in [0.15, 0.2) is 0 Å². The van der Waals surface area contributed by atoms with Gasteiger partial charge in [-0.2, -0.15) is 0 Å². The van der Waals surface area contributed by atoms with Crippen LogP contribution in [0, 0.1) is 0 Å². The van der Waals surface area contributed by atoms with Crippen LogP contribution in [0.15, 0.2) is 17.5 Å². The van der Waals surface area contributed by atoms with Crippen LogP contribution < -0.4 is 5.32 Å². The zero-order valence-corrected chi connectivity index (χ0v) is 13.0. The summed E-state index contributed by atoms with van der Waals surface area (Å²) in [5.41, 5.74) is 0. The molecule has 19 heavy (non-hydrogen) atoms. The van der Waals surface area contributed by atoms with Gasteiger partial charge in [-0.15, -0.1) is 11.3 Å². The van der Waals surface area contributed by atoms with Gasteiger partial charge in [-0.3, -0.25) is 4.90 Å². The number of likely N-dealkylation sites (tertiary alicyclic amines) is 1. The summed E-state index contributed by atoms with van der Waals surface area (Å²) < 4.78 is 0. The van der Waals surface area contributed by atoms with Crippen LogP contribution in [0.4, 0.5) is 0 Å². The third-order valence-electron chi connectivity index (χ3n) is 4.54. The molecule has 1 aromatic heterocycles. The lowest BCUT2D eigenvalue weighted by atomic mass is 10.1. The summed E-state index contributed by atoms with van der Waals surface area (Å²) in [5, 5.41) is 6.13. The van der Waals surface area contributed by atoms with E-state index in [0.29, 0.717) is 12.1 Å². The summed E-state index contributed by atoms with van der Waals surface area (Å²) in [6.45, 7) is 5.95. The molecule has 0 spiro atoms. The molecule has 1 aliphatic carbocycles. The van der Waals surface area contributed by atoms with Gasteiger partial charge in [0, 0.05) is 35.6 Å². The summed E-state index contributed by atoms with van der Waals surface area (Å²) in [7, 11) is 0. The van der Waals surface area contributed by atoms with E-state index in [4.69, 9.17) is 0 Å². The number of thiophene rings is 1. The molecule has 0 amide bonds. The van der Waals surface area contributed by atoms with Gasteiger partial charge in [0.25, 0.3) is 0 Å². The Balaban J connectivity index is 1.59. The molecule has 0 bridgehead atoms. The van der Waals surface area contributed by atoms with Gasteiger partial charge in [-0.05, 0) is 44.1 Å². The third-order valence-corrected chi connectivity index (χ3v) is 5.53. The predicted octanol–water partition coefficient (Wildman–Crippen LogP) is 3.80. The van der Waals surface area contributed by atoms with Crippen LogP contribution >= 0.6 is 11.3 Å². The Bertz CT molecular complexity index is 385. The van der Waals surface area contributed by atoms with E-state index >= 15 is 0 Å². The van der Waals surface area contributed by atoms with Crippen molar-refractivity contribution in [1.29, 1.82) is 0 Å². The Hall–Kier alpha value is -0.380. The second-order valence-electron chi connectivity index (χ2n) is 6.23. The molecule has 3 unspecified atom stereocenters. The number of hydrogen-bond donors (Lipinski definition) is 1. The molecule has 1 saturated heterocycles. The zero-order chi connectivity index (χ0) is 13.2. The molecule has 0 aromatic carbocycles. The van der Waals surface area contributed by atoms with E-state index in [2.05, 4.69) is 41.6 Å². The minimum absolute atomic E-state index is 0.571. The molecule has 106 valence electrons. The molecule has 2 fully saturated rings. The first kappa shape index (κ1) is 13.6. The highest BCUT2D eigenvalue weighted by Crippen LogP contribution is 2.34. The summed E-state index contributed by atoms with van der Waals surface area (Å²) in [6, 6.07) is 7.41. The third kappa shape index (κ3) is 3.21. The summed E-state index contributed by atoms with van der Waals surface area (Å²) in [6.07, 6.45) is 6.70. The smallest absolute Gasteiger partial charge is 0.0417 e. The molecule has 3 rings (SSSR count). The average molecular weight is 278 g/mol. The normalized spacial score (nSPS) is 29.8. The van der Waals surface area contributed by atoms with Crippen molar-refractivity contribution in [2.24, 2.45) is 0 Å². The van der Waals surface area contributed by atoms with Crippen LogP contribution in [0.25, 0.3) is 0 Å². The fourth-order valence-corrected chi connectivity index (χ4v) is 4.28. The van der Waals surface area contributed by atoms with Crippen molar-refractivity contribution in [1.82, 2.24) is 10.2 Å². The predicted molar refractivity (Wildman–Crippen MR) is 82.7 cm³/mol. The topological polar surface area (TPSA) is 15.3 Å². The molecule has 1 saturated carbocycles. The van der Waals surface area contributed by atoms with E-state index in [1.165, 1.54) is 43.5 Å². The van der Waals surface area contributed by atoms with Gasteiger partial charge in [-0.1, -0.05) is 19.4 Å². The van der Waals surface area contributed by atoms with Crippen molar-refractivity contribution >= 4 is 11.3 Å². The van der Waals surface area contributed by atoms with Crippen LogP contribution in [0.3, 0.4) is 0 Å². The molecule has 2 heterocycles. The maximum absolute atomic E-state index is 3.93. The van der Waals surface area contributed by atoms with Gasteiger partial charge in [0.05, 0.1) is 0 Å². The molecule has 3 heteroatoms. The van der Waals surface area contributed by atoms with E-state index in [9.17, 15) is 0 Å². The molecule has 1 aliphatic heterocycles. The van der Waals surface area contributed by atoms with Crippen molar-refractivity contribution in [3.05, 3.63) is 22.4 Å².